The number of hydrogen-bond donors (Lipinski definition) is 0. The number of nitrogens with zero attached hydrogens (tertiary/aromatic N) is 1. The number of likely N-dealkylation sites (tertiary alicyclic amines) is 1. The first-order valence-corrected chi connectivity index (χ1v) is 9.84. The van der Waals surface area contributed by atoms with Crippen molar-refractivity contribution in [2.75, 3.05) is 0 Å². The third-order valence-corrected chi connectivity index (χ3v) is 7.46. The van der Waals surface area contributed by atoms with Crippen molar-refractivity contribution < 1.29 is 9.59 Å². The molecule has 2 aromatic carbocycles. The quantitative estimate of drug-likeness (QED) is 0.621. The number of rotatable bonds is 3. The van der Waals surface area contributed by atoms with Gasteiger partial charge >= 0.3 is 0 Å². The summed E-state index contributed by atoms with van der Waals surface area (Å²) in [6, 6.07) is 20.4. The van der Waals surface area contributed by atoms with Crippen LogP contribution in [0.2, 0.25) is 0 Å². The van der Waals surface area contributed by atoms with Crippen LogP contribution in [-0.2, 0) is 16.1 Å². The molecule has 1 saturated heterocycles. The molecule has 3 fully saturated rings. The molecule has 0 radical (unpaired) electrons. The molecule has 1 heterocycles. The second-order valence-corrected chi connectivity index (χ2v) is 8.52. The number of allylic oxidation sites excluding steroid dienone is 2. The van der Waals surface area contributed by atoms with Gasteiger partial charge in [0.25, 0.3) is 0 Å². The van der Waals surface area contributed by atoms with E-state index in [1.54, 1.807) is 0 Å². The van der Waals surface area contributed by atoms with Gasteiger partial charge in [-0.2, -0.15) is 0 Å². The Morgan fingerprint density at radius 2 is 1.37 bits per heavy atom. The van der Waals surface area contributed by atoms with Gasteiger partial charge in [0.15, 0.2) is 0 Å². The Bertz CT molecular complexity index is 932. The van der Waals surface area contributed by atoms with Crippen molar-refractivity contribution in [1.82, 2.24) is 4.90 Å². The smallest absolute Gasteiger partial charge is 0.234 e. The topological polar surface area (TPSA) is 37.4 Å². The van der Waals surface area contributed by atoms with Crippen molar-refractivity contribution >= 4 is 11.8 Å². The lowest BCUT2D eigenvalue weighted by Gasteiger charge is -2.23. The largest absolute Gasteiger partial charge is 0.278 e. The fourth-order valence-electron chi connectivity index (χ4n) is 6.32. The highest BCUT2D eigenvalue weighted by molar-refractivity contribution is 6.06. The third kappa shape index (κ3) is 1.87. The van der Waals surface area contributed by atoms with Gasteiger partial charge in [-0.25, -0.2) is 0 Å². The van der Waals surface area contributed by atoms with Crippen LogP contribution in [0.4, 0.5) is 0 Å². The maximum absolute atomic E-state index is 13.2. The molecule has 3 nitrogen and oxygen atoms in total. The van der Waals surface area contributed by atoms with Crippen molar-refractivity contribution in [1.29, 1.82) is 0 Å². The zero-order valence-electron chi connectivity index (χ0n) is 15.0. The van der Waals surface area contributed by atoms with Crippen LogP contribution in [0.1, 0.15) is 23.5 Å². The Balaban J connectivity index is 1.31. The van der Waals surface area contributed by atoms with Crippen LogP contribution in [0.5, 0.6) is 0 Å². The summed E-state index contributed by atoms with van der Waals surface area (Å²) < 4.78 is 0. The van der Waals surface area contributed by atoms with E-state index >= 15 is 0 Å². The molecule has 2 bridgehead atoms. The summed E-state index contributed by atoms with van der Waals surface area (Å²) in [7, 11) is 0. The van der Waals surface area contributed by atoms with E-state index in [1.165, 1.54) is 10.5 Å². The standard InChI is InChI=1S/C24H21NO2/c26-22-20-17-11-12-18(24(17)13-19(24)16-9-5-2-6-10-16)21(20)23(27)25(22)14-15-7-3-1-4-8-15/h1-12,17-21H,13-14H2/t17-,18-,19-,20+,21+/m1/s1. The maximum atomic E-state index is 13.2. The normalized spacial score (nSPS) is 38.1. The molecule has 1 spiro atoms. The summed E-state index contributed by atoms with van der Waals surface area (Å²) in [5.41, 5.74) is 2.49. The molecular weight excluding hydrogens is 334 g/mol. The van der Waals surface area contributed by atoms with Crippen molar-refractivity contribution in [2.45, 2.75) is 18.9 Å². The molecule has 3 aliphatic carbocycles. The monoisotopic (exact) mass is 355 g/mol. The fourth-order valence-corrected chi connectivity index (χ4v) is 6.32. The summed E-state index contributed by atoms with van der Waals surface area (Å²) in [5, 5.41) is 0. The number of imide groups is 1. The summed E-state index contributed by atoms with van der Waals surface area (Å²) in [5.74, 6) is 0.713. The van der Waals surface area contributed by atoms with Crippen LogP contribution < -0.4 is 0 Å². The van der Waals surface area contributed by atoms with Gasteiger partial charge in [-0.1, -0.05) is 72.8 Å². The Hall–Kier alpha value is -2.68. The highest BCUT2D eigenvalue weighted by Gasteiger charge is 2.77. The molecule has 2 saturated carbocycles. The van der Waals surface area contributed by atoms with Gasteiger partial charge in [0.1, 0.15) is 0 Å². The van der Waals surface area contributed by atoms with Gasteiger partial charge in [0.05, 0.1) is 18.4 Å². The van der Waals surface area contributed by atoms with Gasteiger partial charge in [0, 0.05) is 0 Å². The SMILES string of the molecule is O=C1[C@@H]2[C@@H](C(=O)N1Cc1ccccc1)[C@H]1C=C[C@H]2C12C[C@@H]2c1ccccc1. The van der Waals surface area contributed by atoms with E-state index in [2.05, 4.69) is 36.4 Å². The summed E-state index contributed by atoms with van der Waals surface area (Å²) in [6.07, 6.45) is 5.59. The zero-order valence-corrected chi connectivity index (χ0v) is 15.0. The molecule has 5 atom stereocenters. The van der Waals surface area contributed by atoms with E-state index < -0.39 is 0 Å². The Labute approximate surface area is 158 Å². The molecule has 134 valence electrons. The van der Waals surface area contributed by atoms with Crippen molar-refractivity contribution in [3.05, 3.63) is 83.9 Å². The molecule has 6 rings (SSSR count). The molecule has 0 N–H and O–H groups in total. The minimum absolute atomic E-state index is 0.0452. The molecule has 0 aromatic heterocycles. The predicted molar refractivity (Wildman–Crippen MR) is 101 cm³/mol. The van der Waals surface area contributed by atoms with E-state index in [0.29, 0.717) is 12.5 Å². The Kier molecular flexibility index (Phi) is 2.96. The van der Waals surface area contributed by atoms with Crippen LogP contribution in [0.15, 0.2) is 72.8 Å². The average Bonchev–Trinajstić information content (AvgIpc) is 3.21. The summed E-state index contributed by atoms with van der Waals surface area (Å²) >= 11 is 0. The minimum atomic E-state index is -0.148. The predicted octanol–water partition coefficient (Wildman–Crippen LogP) is 3.78. The molecule has 2 amide bonds. The van der Waals surface area contributed by atoms with Crippen LogP contribution in [0.3, 0.4) is 0 Å². The molecule has 2 aromatic rings. The lowest BCUT2D eigenvalue weighted by Crippen LogP contribution is -2.34. The van der Waals surface area contributed by atoms with Gasteiger partial charge < -0.3 is 0 Å². The van der Waals surface area contributed by atoms with Gasteiger partial charge in [-0.3, -0.25) is 14.5 Å². The molecule has 4 aliphatic rings. The van der Waals surface area contributed by atoms with Crippen LogP contribution in [0.25, 0.3) is 0 Å². The molecular formula is C24H21NO2. The molecule has 27 heavy (non-hydrogen) atoms. The first-order valence-electron chi connectivity index (χ1n) is 9.84. The Morgan fingerprint density at radius 3 is 1.96 bits per heavy atom. The minimum Gasteiger partial charge on any atom is -0.278 e. The van der Waals surface area contributed by atoms with Crippen LogP contribution in [0, 0.1) is 29.1 Å². The lowest BCUT2D eigenvalue weighted by molar-refractivity contribution is -0.141. The van der Waals surface area contributed by atoms with Crippen LogP contribution >= 0.6 is 0 Å². The number of carbonyl (C=O) groups excluding carboxylic acids is 2. The van der Waals surface area contributed by atoms with E-state index in [0.717, 1.165) is 12.0 Å². The summed E-state index contributed by atoms with van der Waals surface area (Å²) in [4.78, 5) is 28.0. The maximum Gasteiger partial charge on any atom is 0.234 e. The van der Waals surface area contributed by atoms with Crippen molar-refractivity contribution in [2.24, 2.45) is 29.1 Å². The fraction of sp³-hybridized carbons (Fsp3) is 0.333. The number of amides is 2. The molecule has 3 heteroatoms. The Morgan fingerprint density at radius 1 is 0.815 bits per heavy atom. The molecule has 1 aliphatic heterocycles. The van der Waals surface area contributed by atoms with E-state index in [-0.39, 0.29) is 40.9 Å². The second kappa shape index (κ2) is 5.19. The van der Waals surface area contributed by atoms with Crippen molar-refractivity contribution in [3.63, 3.8) is 0 Å². The van der Waals surface area contributed by atoms with Gasteiger partial charge in [0.2, 0.25) is 11.8 Å². The van der Waals surface area contributed by atoms with E-state index in [9.17, 15) is 9.59 Å². The second-order valence-electron chi connectivity index (χ2n) is 8.52. The zero-order chi connectivity index (χ0) is 18.2. The highest BCUT2D eigenvalue weighted by Crippen LogP contribution is 2.79. The first kappa shape index (κ1) is 15.4. The number of carbonyl (C=O) groups is 2. The van der Waals surface area contributed by atoms with Crippen molar-refractivity contribution in [3.8, 4) is 0 Å². The summed E-state index contributed by atoms with van der Waals surface area (Å²) in [6.45, 7) is 0.403. The third-order valence-electron chi connectivity index (χ3n) is 7.46. The first-order chi connectivity index (χ1) is 13.2. The highest BCUT2D eigenvalue weighted by atomic mass is 16.2. The number of benzene rings is 2. The number of hydrogen-bond acceptors (Lipinski definition) is 2. The van der Waals surface area contributed by atoms with Gasteiger partial charge in [-0.15, -0.1) is 0 Å². The van der Waals surface area contributed by atoms with Gasteiger partial charge in [-0.05, 0) is 40.7 Å². The molecule has 0 unspecified atom stereocenters. The average molecular weight is 355 g/mol. The van der Waals surface area contributed by atoms with Crippen LogP contribution in [-0.4, -0.2) is 16.7 Å². The number of fused-ring (bicyclic) bond motifs is 3. The lowest BCUT2D eigenvalue weighted by atomic mass is 9.85. The van der Waals surface area contributed by atoms with E-state index in [1.807, 2.05) is 36.4 Å². The van der Waals surface area contributed by atoms with E-state index in [4.69, 9.17) is 0 Å².